The van der Waals surface area contributed by atoms with Gasteiger partial charge in [0, 0.05) is 12.4 Å². The van der Waals surface area contributed by atoms with E-state index in [1.807, 2.05) is 42.8 Å². The van der Waals surface area contributed by atoms with Crippen molar-refractivity contribution in [3.8, 4) is 11.4 Å². The summed E-state index contributed by atoms with van der Waals surface area (Å²) in [7, 11) is 0. The molecule has 0 amide bonds. The Morgan fingerprint density at radius 2 is 2.19 bits per heavy atom. The fourth-order valence-corrected chi connectivity index (χ4v) is 1.52. The van der Waals surface area contributed by atoms with Crippen LogP contribution >= 0.6 is 0 Å². The first-order chi connectivity index (χ1) is 7.68. The molecule has 2 rings (SSSR count). The van der Waals surface area contributed by atoms with E-state index in [4.69, 9.17) is 10.5 Å². The van der Waals surface area contributed by atoms with Gasteiger partial charge in [-0.2, -0.15) is 0 Å². The van der Waals surface area contributed by atoms with Crippen LogP contribution in [0, 0.1) is 0 Å². The smallest absolute Gasteiger partial charge is 0.144 e. The number of hydrogen-bond acceptors (Lipinski definition) is 3. The van der Waals surface area contributed by atoms with E-state index < -0.39 is 0 Å². The highest BCUT2D eigenvalue weighted by molar-refractivity contribution is 5.66. The van der Waals surface area contributed by atoms with E-state index in [-0.39, 0.29) is 6.10 Å². The summed E-state index contributed by atoms with van der Waals surface area (Å²) in [6.45, 7) is 3.95. The molecule has 0 bridgehead atoms. The first-order valence-corrected chi connectivity index (χ1v) is 5.22. The zero-order valence-electron chi connectivity index (χ0n) is 9.42. The number of nitrogens with two attached hydrogens (primary N) is 1. The maximum atomic E-state index is 6.05. The molecular weight excluding hydrogens is 202 g/mol. The molecule has 0 aliphatic rings. The molecule has 0 unspecified atom stereocenters. The lowest BCUT2D eigenvalue weighted by Crippen LogP contribution is -2.08. The summed E-state index contributed by atoms with van der Waals surface area (Å²) in [5.74, 6) is 0.709. The van der Waals surface area contributed by atoms with Crippen LogP contribution in [0.4, 0.5) is 5.69 Å². The minimum absolute atomic E-state index is 0.111. The Morgan fingerprint density at radius 3 is 2.81 bits per heavy atom. The van der Waals surface area contributed by atoms with Gasteiger partial charge in [0.05, 0.1) is 23.8 Å². The molecule has 0 aliphatic carbocycles. The highest BCUT2D eigenvalue weighted by Crippen LogP contribution is 2.28. The summed E-state index contributed by atoms with van der Waals surface area (Å²) in [6, 6.07) is 5.73. The van der Waals surface area contributed by atoms with E-state index in [0.29, 0.717) is 11.4 Å². The number of anilines is 1. The predicted octanol–water partition coefficient (Wildman–Crippen LogP) is 2.24. The maximum absolute atomic E-state index is 6.05. The minimum atomic E-state index is 0.111. The van der Waals surface area contributed by atoms with E-state index in [2.05, 4.69) is 4.98 Å². The van der Waals surface area contributed by atoms with Crippen LogP contribution in [0.5, 0.6) is 5.75 Å². The second-order valence-electron chi connectivity index (χ2n) is 3.83. The number of nitrogen functional groups attached to an aromatic ring is 1. The Labute approximate surface area is 94.7 Å². The molecule has 0 fully saturated rings. The fraction of sp³-hybridized carbons (Fsp3) is 0.250. The predicted molar refractivity (Wildman–Crippen MR) is 63.7 cm³/mol. The SMILES string of the molecule is CC(C)Oc1cccc(-n2ccnc2)c1N. The van der Waals surface area contributed by atoms with Crippen LogP contribution in [0.3, 0.4) is 0 Å². The third kappa shape index (κ3) is 2.00. The Hall–Kier alpha value is -1.97. The van der Waals surface area contributed by atoms with Crippen molar-refractivity contribution in [2.75, 3.05) is 5.73 Å². The molecule has 1 aromatic heterocycles. The third-order valence-corrected chi connectivity index (χ3v) is 2.19. The Bertz CT molecular complexity index is 463. The first-order valence-electron chi connectivity index (χ1n) is 5.22. The number of para-hydroxylation sites is 1. The van der Waals surface area contributed by atoms with E-state index in [1.165, 1.54) is 0 Å². The standard InChI is InChI=1S/C12H15N3O/c1-9(2)16-11-5-3-4-10(12(11)13)15-7-6-14-8-15/h3-9H,13H2,1-2H3. The van der Waals surface area contributed by atoms with Gasteiger partial charge in [-0.1, -0.05) is 6.07 Å². The number of benzene rings is 1. The highest BCUT2D eigenvalue weighted by Gasteiger charge is 2.08. The molecular formula is C12H15N3O. The second kappa shape index (κ2) is 4.26. The Balaban J connectivity index is 2.41. The van der Waals surface area contributed by atoms with Gasteiger partial charge in [-0.25, -0.2) is 4.98 Å². The number of nitrogens with zero attached hydrogens (tertiary/aromatic N) is 2. The van der Waals surface area contributed by atoms with Gasteiger partial charge in [0.2, 0.25) is 0 Å². The Morgan fingerprint density at radius 1 is 1.38 bits per heavy atom. The number of rotatable bonds is 3. The molecule has 0 spiro atoms. The zero-order chi connectivity index (χ0) is 11.5. The topological polar surface area (TPSA) is 53.1 Å². The quantitative estimate of drug-likeness (QED) is 0.802. The monoisotopic (exact) mass is 217 g/mol. The van der Waals surface area contributed by atoms with Crippen LogP contribution in [0.15, 0.2) is 36.9 Å². The summed E-state index contributed by atoms with van der Waals surface area (Å²) in [5, 5.41) is 0. The summed E-state index contributed by atoms with van der Waals surface area (Å²) in [5.41, 5.74) is 7.57. The molecule has 2 N–H and O–H groups in total. The molecule has 0 saturated heterocycles. The molecule has 4 heteroatoms. The third-order valence-electron chi connectivity index (χ3n) is 2.19. The van der Waals surface area contributed by atoms with Crippen molar-refractivity contribution in [2.24, 2.45) is 0 Å². The van der Waals surface area contributed by atoms with Crippen LogP contribution in [-0.4, -0.2) is 15.7 Å². The largest absolute Gasteiger partial charge is 0.489 e. The van der Waals surface area contributed by atoms with Crippen molar-refractivity contribution in [1.29, 1.82) is 0 Å². The minimum Gasteiger partial charge on any atom is -0.489 e. The molecule has 0 atom stereocenters. The second-order valence-corrected chi connectivity index (χ2v) is 3.83. The molecule has 1 heterocycles. The van der Waals surface area contributed by atoms with E-state index in [9.17, 15) is 0 Å². The van der Waals surface area contributed by atoms with Gasteiger partial charge in [-0.15, -0.1) is 0 Å². The molecule has 84 valence electrons. The summed E-state index contributed by atoms with van der Waals surface area (Å²) < 4.78 is 7.49. The lowest BCUT2D eigenvalue weighted by Gasteiger charge is -2.14. The van der Waals surface area contributed by atoms with Crippen LogP contribution in [0.2, 0.25) is 0 Å². The zero-order valence-corrected chi connectivity index (χ0v) is 9.42. The lowest BCUT2D eigenvalue weighted by molar-refractivity contribution is 0.244. The molecule has 0 saturated carbocycles. The van der Waals surface area contributed by atoms with Crippen LogP contribution in [0.25, 0.3) is 5.69 Å². The van der Waals surface area contributed by atoms with Crippen LogP contribution < -0.4 is 10.5 Å². The molecule has 1 aromatic carbocycles. The van der Waals surface area contributed by atoms with Gasteiger partial charge in [-0.3, -0.25) is 0 Å². The first kappa shape index (κ1) is 10.5. The van der Waals surface area contributed by atoms with Gasteiger partial charge in [-0.05, 0) is 26.0 Å². The van der Waals surface area contributed by atoms with Crippen molar-refractivity contribution >= 4 is 5.69 Å². The number of ether oxygens (including phenoxy) is 1. The summed E-state index contributed by atoms with van der Waals surface area (Å²) in [4.78, 5) is 4.00. The fourth-order valence-electron chi connectivity index (χ4n) is 1.52. The van der Waals surface area contributed by atoms with Gasteiger partial charge in [0.1, 0.15) is 5.75 Å². The Kier molecular flexibility index (Phi) is 2.81. The van der Waals surface area contributed by atoms with Crippen LogP contribution in [0.1, 0.15) is 13.8 Å². The van der Waals surface area contributed by atoms with Crippen molar-refractivity contribution < 1.29 is 4.74 Å². The van der Waals surface area contributed by atoms with E-state index >= 15 is 0 Å². The van der Waals surface area contributed by atoms with Gasteiger partial charge in [0.15, 0.2) is 0 Å². The van der Waals surface area contributed by atoms with Crippen molar-refractivity contribution in [3.05, 3.63) is 36.9 Å². The number of aromatic nitrogens is 2. The van der Waals surface area contributed by atoms with Crippen LogP contribution in [-0.2, 0) is 0 Å². The normalized spacial score (nSPS) is 10.7. The number of hydrogen-bond donors (Lipinski definition) is 1. The molecule has 16 heavy (non-hydrogen) atoms. The molecule has 2 aromatic rings. The van der Waals surface area contributed by atoms with Gasteiger partial charge < -0.3 is 15.0 Å². The number of imidazole rings is 1. The van der Waals surface area contributed by atoms with Crippen molar-refractivity contribution in [3.63, 3.8) is 0 Å². The average Bonchev–Trinajstić information content (AvgIpc) is 2.73. The summed E-state index contributed by atoms with van der Waals surface area (Å²) >= 11 is 0. The van der Waals surface area contributed by atoms with E-state index in [0.717, 1.165) is 5.69 Å². The van der Waals surface area contributed by atoms with Crippen molar-refractivity contribution in [2.45, 2.75) is 20.0 Å². The molecule has 0 aliphatic heterocycles. The maximum Gasteiger partial charge on any atom is 0.144 e. The van der Waals surface area contributed by atoms with Gasteiger partial charge in [0.25, 0.3) is 0 Å². The highest BCUT2D eigenvalue weighted by atomic mass is 16.5. The summed E-state index contributed by atoms with van der Waals surface area (Å²) in [6.07, 6.45) is 5.39. The lowest BCUT2D eigenvalue weighted by atomic mass is 10.2. The van der Waals surface area contributed by atoms with Crippen molar-refractivity contribution in [1.82, 2.24) is 9.55 Å². The van der Waals surface area contributed by atoms with Gasteiger partial charge >= 0.3 is 0 Å². The molecule has 0 radical (unpaired) electrons. The van der Waals surface area contributed by atoms with E-state index in [1.54, 1.807) is 12.5 Å². The average molecular weight is 217 g/mol. The molecule has 4 nitrogen and oxygen atoms in total.